The molecule has 1 aliphatic rings. The van der Waals surface area contributed by atoms with Crippen molar-refractivity contribution < 1.29 is 4.79 Å². The average Bonchev–Trinajstić information content (AvgIpc) is 3.23. The van der Waals surface area contributed by atoms with Crippen molar-refractivity contribution in [2.24, 2.45) is 5.92 Å². The van der Waals surface area contributed by atoms with E-state index in [0.717, 1.165) is 45.7 Å². The van der Waals surface area contributed by atoms with Gasteiger partial charge in [0.2, 0.25) is 5.91 Å². The summed E-state index contributed by atoms with van der Waals surface area (Å²) < 4.78 is 3.79. The lowest BCUT2D eigenvalue weighted by Gasteiger charge is -2.24. The van der Waals surface area contributed by atoms with E-state index in [1.54, 1.807) is 6.20 Å². The van der Waals surface area contributed by atoms with Crippen LogP contribution in [-0.4, -0.2) is 61.4 Å². The number of nitrogens with zero attached hydrogens (tertiary/aromatic N) is 6. The summed E-state index contributed by atoms with van der Waals surface area (Å²) in [5.74, 6) is 0.186. The van der Waals surface area contributed by atoms with Crippen molar-refractivity contribution in [2.45, 2.75) is 39.9 Å². The molecule has 136 valence electrons. The SMILES string of the molecule is CCn1cc(CN2CCCN(C(=O)C(C)Cn3cccn3)CC2)cn1. The van der Waals surface area contributed by atoms with Gasteiger partial charge in [0.25, 0.3) is 0 Å². The van der Waals surface area contributed by atoms with Crippen molar-refractivity contribution in [3.63, 3.8) is 0 Å². The molecule has 0 radical (unpaired) electrons. The van der Waals surface area contributed by atoms with Gasteiger partial charge in [-0.15, -0.1) is 0 Å². The van der Waals surface area contributed by atoms with Crippen molar-refractivity contribution in [2.75, 3.05) is 26.2 Å². The summed E-state index contributed by atoms with van der Waals surface area (Å²) >= 11 is 0. The Hall–Kier alpha value is -2.15. The Morgan fingerprint density at radius 3 is 2.80 bits per heavy atom. The predicted molar refractivity (Wildman–Crippen MR) is 95.8 cm³/mol. The largest absolute Gasteiger partial charge is 0.341 e. The molecule has 1 aliphatic heterocycles. The molecular weight excluding hydrogens is 316 g/mol. The Morgan fingerprint density at radius 1 is 1.20 bits per heavy atom. The minimum Gasteiger partial charge on any atom is -0.341 e. The number of amides is 1. The van der Waals surface area contributed by atoms with Crippen LogP contribution in [0.1, 0.15) is 25.8 Å². The van der Waals surface area contributed by atoms with Gasteiger partial charge in [-0.05, 0) is 19.4 Å². The number of hydrogen-bond donors (Lipinski definition) is 0. The monoisotopic (exact) mass is 344 g/mol. The fraction of sp³-hybridized carbons (Fsp3) is 0.611. The van der Waals surface area contributed by atoms with E-state index in [9.17, 15) is 4.79 Å². The zero-order valence-electron chi connectivity index (χ0n) is 15.2. The van der Waals surface area contributed by atoms with Crippen LogP contribution in [0.2, 0.25) is 0 Å². The fourth-order valence-corrected chi connectivity index (χ4v) is 3.35. The number of carbonyl (C=O) groups is 1. The molecule has 0 aliphatic carbocycles. The highest BCUT2D eigenvalue weighted by molar-refractivity contribution is 5.78. The lowest BCUT2D eigenvalue weighted by Crippen LogP contribution is -2.39. The molecule has 3 heterocycles. The summed E-state index contributed by atoms with van der Waals surface area (Å²) in [6.07, 6.45) is 8.73. The molecule has 2 aromatic heterocycles. The van der Waals surface area contributed by atoms with Crippen molar-refractivity contribution in [3.8, 4) is 0 Å². The van der Waals surface area contributed by atoms with Gasteiger partial charge in [0.05, 0.1) is 18.7 Å². The van der Waals surface area contributed by atoms with Crippen molar-refractivity contribution >= 4 is 5.91 Å². The van der Waals surface area contributed by atoms with Crippen LogP contribution in [-0.2, 0) is 24.4 Å². The van der Waals surface area contributed by atoms with Gasteiger partial charge in [-0.1, -0.05) is 6.92 Å². The van der Waals surface area contributed by atoms with Gasteiger partial charge >= 0.3 is 0 Å². The van der Waals surface area contributed by atoms with E-state index in [1.807, 2.05) is 39.6 Å². The molecule has 0 aromatic carbocycles. The third-order valence-corrected chi connectivity index (χ3v) is 4.76. The first-order chi connectivity index (χ1) is 12.2. The first-order valence-corrected chi connectivity index (χ1v) is 9.15. The summed E-state index contributed by atoms with van der Waals surface area (Å²) in [7, 11) is 0. The van der Waals surface area contributed by atoms with E-state index < -0.39 is 0 Å². The molecule has 1 fully saturated rings. The molecule has 0 N–H and O–H groups in total. The minimum atomic E-state index is -0.0470. The molecule has 0 spiro atoms. The third-order valence-electron chi connectivity index (χ3n) is 4.76. The van der Waals surface area contributed by atoms with Crippen LogP contribution in [0.5, 0.6) is 0 Å². The number of rotatable bonds is 6. The molecule has 1 saturated heterocycles. The average molecular weight is 344 g/mol. The number of aromatic nitrogens is 4. The molecule has 1 unspecified atom stereocenters. The molecule has 3 rings (SSSR count). The van der Waals surface area contributed by atoms with E-state index in [4.69, 9.17) is 0 Å². The summed E-state index contributed by atoms with van der Waals surface area (Å²) in [5.41, 5.74) is 1.24. The molecule has 0 bridgehead atoms. The van der Waals surface area contributed by atoms with Crippen molar-refractivity contribution in [1.82, 2.24) is 29.4 Å². The molecule has 0 saturated carbocycles. The quantitative estimate of drug-likeness (QED) is 0.796. The lowest BCUT2D eigenvalue weighted by atomic mass is 10.1. The van der Waals surface area contributed by atoms with Gasteiger partial charge in [-0.3, -0.25) is 19.1 Å². The van der Waals surface area contributed by atoms with Gasteiger partial charge in [0.1, 0.15) is 0 Å². The van der Waals surface area contributed by atoms with Gasteiger partial charge in [-0.2, -0.15) is 10.2 Å². The maximum absolute atomic E-state index is 12.7. The van der Waals surface area contributed by atoms with Crippen molar-refractivity contribution in [1.29, 1.82) is 0 Å². The number of carbonyl (C=O) groups excluding carboxylic acids is 1. The maximum atomic E-state index is 12.7. The Morgan fingerprint density at radius 2 is 2.08 bits per heavy atom. The Balaban J connectivity index is 1.51. The van der Waals surface area contributed by atoms with E-state index >= 15 is 0 Å². The van der Waals surface area contributed by atoms with E-state index in [2.05, 4.69) is 28.2 Å². The highest BCUT2D eigenvalue weighted by atomic mass is 16.2. The minimum absolute atomic E-state index is 0.0470. The first-order valence-electron chi connectivity index (χ1n) is 9.15. The highest BCUT2D eigenvalue weighted by Crippen LogP contribution is 2.12. The standard InChI is InChI=1S/C18H28N6O/c1-3-23-15-17(12-20-23)14-21-7-5-8-22(11-10-21)18(25)16(2)13-24-9-4-6-19-24/h4,6,9,12,15-16H,3,5,7-8,10-11,13-14H2,1-2H3. The summed E-state index contributed by atoms with van der Waals surface area (Å²) in [6, 6.07) is 1.89. The molecule has 1 amide bonds. The highest BCUT2D eigenvalue weighted by Gasteiger charge is 2.23. The van der Waals surface area contributed by atoms with E-state index in [-0.39, 0.29) is 11.8 Å². The van der Waals surface area contributed by atoms with Crippen LogP contribution < -0.4 is 0 Å². The Labute approximate surface area is 149 Å². The van der Waals surface area contributed by atoms with Crippen LogP contribution in [0.25, 0.3) is 0 Å². The summed E-state index contributed by atoms with van der Waals surface area (Å²) in [6.45, 7) is 10.1. The van der Waals surface area contributed by atoms with Crippen LogP contribution in [0.15, 0.2) is 30.9 Å². The predicted octanol–water partition coefficient (Wildman–Crippen LogP) is 1.47. The second-order valence-electron chi connectivity index (χ2n) is 6.79. The van der Waals surface area contributed by atoms with Gasteiger partial charge in [0.15, 0.2) is 0 Å². The van der Waals surface area contributed by atoms with Crippen LogP contribution in [0.4, 0.5) is 0 Å². The number of hydrogen-bond acceptors (Lipinski definition) is 4. The Bertz CT molecular complexity index is 665. The maximum Gasteiger partial charge on any atom is 0.227 e. The smallest absolute Gasteiger partial charge is 0.227 e. The van der Waals surface area contributed by atoms with Crippen LogP contribution in [0.3, 0.4) is 0 Å². The third kappa shape index (κ3) is 4.69. The molecule has 7 heteroatoms. The normalized spacial score (nSPS) is 17.4. The second-order valence-corrected chi connectivity index (χ2v) is 6.79. The van der Waals surface area contributed by atoms with Crippen LogP contribution in [0, 0.1) is 5.92 Å². The lowest BCUT2D eigenvalue weighted by molar-refractivity contribution is -0.135. The number of aryl methyl sites for hydroxylation is 1. The molecular formula is C18H28N6O. The topological polar surface area (TPSA) is 59.2 Å². The van der Waals surface area contributed by atoms with Gasteiger partial charge < -0.3 is 4.90 Å². The van der Waals surface area contributed by atoms with E-state index in [1.165, 1.54) is 5.56 Å². The van der Waals surface area contributed by atoms with Crippen LogP contribution >= 0.6 is 0 Å². The fourth-order valence-electron chi connectivity index (χ4n) is 3.35. The molecule has 7 nitrogen and oxygen atoms in total. The van der Waals surface area contributed by atoms with Gasteiger partial charge in [-0.25, -0.2) is 0 Å². The molecule has 25 heavy (non-hydrogen) atoms. The molecule has 1 atom stereocenters. The summed E-state index contributed by atoms with van der Waals surface area (Å²) in [5, 5.41) is 8.54. The summed E-state index contributed by atoms with van der Waals surface area (Å²) in [4.78, 5) is 17.2. The zero-order valence-corrected chi connectivity index (χ0v) is 15.2. The second kappa shape index (κ2) is 8.29. The van der Waals surface area contributed by atoms with Gasteiger partial charge in [0, 0.05) is 63.4 Å². The van der Waals surface area contributed by atoms with Crippen molar-refractivity contribution in [3.05, 3.63) is 36.4 Å². The van der Waals surface area contributed by atoms with E-state index in [0.29, 0.717) is 6.54 Å². The molecule has 2 aromatic rings. The first kappa shape index (κ1) is 17.7. The Kier molecular flexibility index (Phi) is 5.86. The zero-order chi connectivity index (χ0) is 17.6.